The van der Waals surface area contributed by atoms with Gasteiger partial charge in [-0.15, -0.1) is 11.8 Å². The molecular formula is C10H13N5S. The number of nitrogen functional groups attached to an aromatic ring is 1. The van der Waals surface area contributed by atoms with Crippen molar-refractivity contribution < 1.29 is 0 Å². The van der Waals surface area contributed by atoms with Gasteiger partial charge in [0.1, 0.15) is 5.82 Å². The summed E-state index contributed by atoms with van der Waals surface area (Å²) < 4.78 is 1.56. The highest BCUT2D eigenvalue weighted by atomic mass is 32.2. The zero-order chi connectivity index (χ0) is 11.7. The molecule has 2 N–H and O–H groups in total. The second kappa shape index (κ2) is 4.13. The van der Waals surface area contributed by atoms with Crippen LogP contribution in [0.4, 0.5) is 5.82 Å². The Morgan fingerprint density at radius 2 is 1.88 bits per heavy atom. The Bertz CT molecular complexity index is 500. The number of hydrogen-bond acceptors (Lipinski definition) is 5. The SMILES string of the molecule is CSc1cnn(-c2nc(C)cc(C)n2)c1N. The van der Waals surface area contributed by atoms with Gasteiger partial charge in [0.05, 0.1) is 11.1 Å². The number of aromatic nitrogens is 4. The van der Waals surface area contributed by atoms with Gasteiger partial charge in [-0.05, 0) is 26.2 Å². The molecule has 2 aromatic heterocycles. The number of rotatable bonds is 2. The third kappa shape index (κ3) is 1.88. The lowest BCUT2D eigenvalue weighted by molar-refractivity contribution is 0.802. The Balaban J connectivity index is 2.54. The molecule has 84 valence electrons. The van der Waals surface area contributed by atoms with E-state index in [0.29, 0.717) is 11.8 Å². The summed E-state index contributed by atoms with van der Waals surface area (Å²) in [5.74, 6) is 1.10. The number of anilines is 1. The highest BCUT2D eigenvalue weighted by Gasteiger charge is 2.10. The normalized spacial score (nSPS) is 10.7. The molecular weight excluding hydrogens is 222 g/mol. The van der Waals surface area contributed by atoms with Crippen LogP contribution < -0.4 is 5.73 Å². The van der Waals surface area contributed by atoms with Crippen molar-refractivity contribution in [3.63, 3.8) is 0 Å². The fourth-order valence-corrected chi connectivity index (χ4v) is 1.91. The lowest BCUT2D eigenvalue weighted by Crippen LogP contribution is -2.08. The molecule has 0 saturated carbocycles. The molecule has 16 heavy (non-hydrogen) atoms. The van der Waals surface area contributed by atoms with Crippen molar-refractivity contribution in [3.8, 4) is 5.95 Å². The first kappa shape index (κ1) is 10.9. The highest BCUT2D eigenvalue weighted by Crippen LogP contribution is 2.23. The summed E-state index contributed by atoms with van der Waals surface area (Å²) in [6, 6.07) is 1.92. The molecule has 0 spiro atoms. The molecule has 0 fully saturated rings. The first-order valence-corrected chi connectivity index (χ1v) is 6.04. The average Bonchev–Trinajstić information content (AvgIpc) is 2.58. The maximum Gasteiger partial charge on any atom is 0.252 e. The molecule has 0 aliphatic rings. The summed E-state index contributed by atoms with van der Waals surface area (Å²) in [6.45, 7) is 3.85. The lowest BCUT2D eigenvalue weighted by Gasteiger charge is -2.04. The van der Waals surface area contributed by atoms with Crippen LogP contribution in [0, 0.1) is 13.8 Å². The molecule has 2 aromatic rings. The second-order valence-electron chi connectivity index (χ2n) is 3.46. The van der Waals surface area contributed by atoms with Gasteiger partial charge in [-0.1, -0.05) is 0 Å². The average molecular weight is 235 g/mol. The zero-order valence-electron chi connectivity index (χ0n) is 9.43. The molecule has 0 unspecified atom stereocenters. The second-order valence-corrected chi connectivity index (χ2v) is 4.31. The first-order valence-electron chi connectivity index (χ1n) is 4.82. The van der Waals surface area contributed by atoms with Gasteiger partial charge in [0.2, 0.25) is 0 Å². The van der Waals surface area contributed by atoms with E-state index in [2.05, 4.69) is 15.1 Å². The summed E-state index contributed by atoms with van der Waals surface area (Å²) >= 11 is 1.56. The molecule has 6 heteroatoms. The molecule has 0 atom stereocenters. The van der Waals surface area contributed by atoms with Gasteiger partial charge in [-0.3, -0.25) is 0 Å². The smallest absolute Gasteiger partial charge is 0.252 e. The Morgan fingerprint density at radius 3 is 2.38 bits per heavy atom. The topological polar surface area (TPSA) is 69.6 Å². The van der Waals surface area contributed by atoms with Crippen molar-refractivity contribution in [3.05, 3.63) is 23.7 Å². The van der Waals surface area contributed by atoms with Crippen LogP contribution in [0.1, 0.15) is 11.4 Å². The van der Waals surface area contributed by atoms with E-state index in [-0.39, 0.29) is 0 Å². The lowest BCUT2D eigenvalue weighted by atomic mass is 10.4. The van der Waals surface area contributed by atoms with Gasteiger partial charge in [-0.25, -0.2) is 9.97 Å². The first-order chi connectivity index (χ1) is 7.61. The van der Waals surface area contributed by atoms with Gasteiger partial charge < -0.3 is 5.73 Å². The number of nitrogens with two attached hydrogens (primary N) is 1. The van der Waals surface area contributed by atoms with Crippen molar-refractivity contribution in [1.82, 2.24) is 19.7 Å². The minimum absolute atomic E-state index is 0.523. The van der Waals surface area contributed by atoms with E-state index >= 15 is 0 Å². The summed E-state index contributed by atoms with van der Waals surface area (Å²) in [5.41, 5.74) is 7.76. The van der Waals surface area contributed by atoms with Crippen molar-refractivity contribution >= 4 is 17.6 Å². The van der Waals surface area contributed by atoms with E-state index in [1.165, 1.54) is 0 Å². The summed E-state index contributed by atoms with van der Waals surface area (Å²) in [6.07, 6.45) is 3.68. The van der Waals surface area contributed by atoms with Crippen LogP contribution >= 0.6 is 11.8 Å². The molecule has 0 aliphatic carbocycles. The monoisotopic (exact) mass is 235 g/mol. The number of hydrogen-bond donors (Lipinski definition) is 1. The maximum absolute atomic E-state index is 5.95. The standard InChI is InChI=1S/C10H13N5S/c1-6-4-7(2)14-10(13-6)15-9(11)8(16-3)5-12-15/h4-5H,11H2,1-3H3. The van der Waals surface area contributed by atoms with Crippen LogP contribution in [0.15, 0.2) is 17.2 Å². The van der Waals surface area contributed by atoms with Crippen LogP contribution in [0.25, 0.3) is 5.95 Å². The minimum atomic E-state index is 0.523. The Morgan fingerprint density at radius 1 is 1.25 bits per heavy atom. The van der Waals surface area contributed by atoms with Crippen LogP contribution in [-0.4, -0.2) is 26.0 Å². The highest BCUT2D eigenvalue weighted by molar-refractivity contribution is 7.98. The zero-order valence-corrected chi connectivity index (χ0v) is 10.2. The fraction of sp³-hybridized carbons (Fsp3) is 0.300. The largest absolute Gasteiger partial charge is 0.383 e. The third-order valence-electron chi connectivity index (χ3n) is 2.15. The van der Waals surface area contributed by atoms with E-state index in [1.807, 2.05) is 26.2 Å². The third-order valence-corrected chi connectivity index (χ3v) is 2.91. The fourth-order valence-electron chi connectivity index (χ4n) is 1.46. The van der Waals surface area contributed by atoms with Gasteiger partial charge >= 0.3 is 0 Å². The van der Waals surface area contributed by atoms with E-state index < -0.39 is 0 Å². The Labute approximate surface area is 98.1 Å². The maximum atomic E-state index is 5.95. The van der Waals surface area contributed by atoms with Crippen molar-refractivity contribution in [2.24, 2.45) is 0 Å². The van der Waals surface area contributed by atoms with Crippen molar-refractivity contribution in [2.75, 3.05) is 12.0 Å². The van der Waals surface area contributed by atoms with Gasteiger partial charge in [0.15, 0.2) is 0 Å². The minimum Gasteiger partial charge on any atom is -0.383 e. The summed E-state index contributed by atoms with van der Waals surface area (Å²) in [4.78, 5) is 9.56. The molecule has 0 saturated heterocycles. The number of aryl methyl sites for hydroxylation is 2. The quantitative estimate of drug-likeness (QED) is 0.800. The van der Waals surface area contributed by atoms with Crippen LogP contribution in [-0.2, 0) is 0 Å². The van der Waals surface area contributed by atoms with Gasteiger partial charge in [-0.2, -0.15) is 9.78 Å². The van der Waals surface area contributed by atoms with E-state index in [9.17, 15) is 0 Å². The summed E-state index contributed by atoms with van der Waals surface area (Å²) in [7, 11) is 0. The predicted octanol–water partition coefficient (Wildman–Crippen LogP) is 1.58. The van der Waals surface area contributed by atoms with Crippen molar-refractivity contribution in [1.29, 1.82) is 0 Å². The van der Waals surface area contributed by atoms with E-state index in [0.717, 1.165) is 16.3 Å². The molecule has 5 nitrogen and oxygen atoms in total. The molecule has 2 heterocycles. The molecule has 0 radical (unpaired) electrons. The number of thioether (sulfide) groups is 1. The summed E-state index contributed by atoms with van der Waals surface area (Å²) in [5, 5.41) is 4.18. The molecule has 2 rings (SSSR count). The van der Waals surface area contributed by atoms with Crippen LogP contribution in [0.5, 0.6) is 0 Å². The van der Waals surface area contributed by atoms with Crippen molar-refractivity contribution in [2.45, 2.75) is 18.7 Å². The van der Waals surface area contributed by atoms with E-state index in [1.54, 1.807) is 22.6 Å². The predicted molar refractivity (Wildman–Crippen MR) is 64.8 cm³/mol. The van der Waals surface area contributed by atoms with Gasteiger partial charge in [0.25, 0.3) is 5.95 Å². The van der Waals surface area contributed by atoms with E-state index in [4.69, 9.17) is 5.73 Å². The van der Waals surface area contributed by atoms with Gasteiger partial charge in [0, 0.05) is 11.4 Å². The Kier molecular flexibility index (Phi) is 2.82. The molecule has 0 amide bonds. The van der Waals surface area contributed by atoms with Crippen LogP contribution in [0.3, 0.4) is 0 Å². The number of nitrogens with zero attached hydrogens (tertiary/aromatic N) is 4. The Hall–Kier alpha value is -1.56. The molecule has 0 aromatic carbocycles. The molecule has 0 aliphatic heterocycles. The van der Waals surface area contributed by atoms with Crippen LogP contribution in [0.2, 0.25) is 0 Å². The molecule has 0 bridgehead atoms.